The van der Waals surface area contributed by atoms with Crippen molar-refractivity contribution in [3.8, 4) is 0 Å². The van der Waals surface area contributed by atoms with Gasteiger partial charge >= 0.3 is 0 Å². The Morgan fingerprint density at radius 2 is 2.56 bits per heavy atom. The molecule has 1 atom stereocenters. The topological polar surface area (TPSA) is 66.9 Å². The van der Waals surface area contributed by atoms with Crippen LogP contribution >= 0.6 is 0 Å². The highest BCUT2D eigenvalue weighted by Gasteiger charge is 2.14. The SMILES string of the molecule is O=C(NCC1CCCNC1)c1ccncn1. The maximum absolute atomic E-state index is 11.7. The number of carbonyl (C=O) groups excluding carboxylic acids is 1. The number of carbonyl (C=O) groups is 1. The second kappa shape index (κ2) is 5.55. The Balaban J connectivity index is 1.79. The van der Waals surface area contributed by atoms with E-state index in [2.05, 4.69) is 20.6 Å². The van der Waals surface area contributed by atoms with E-state index in [1.165, 1.54) is 19.2 Å². The van der Waals surface area contributed by atoms with Gasteiger partial charge in [0.25, 0.3) is 5.91 Å². The molecule has 5 heteroatoms. The molecule has 1 aromatic rings. The summed E-state index contributed by atoms with van der Waals surface area (Å²) >= 11 is 0. The van der Waals surface area contributed by atoms with Gasteiger partial charge < -0.3 is 10.6 Å². The quantitative estimate of drug-likeness (QED) is 0.764. The first-order valence-corrected chi connectivity index (χ1v) is 5.61. The summed E-state index contributed by atoms with van der Waals surface area (Å²) in [5.41, 5.74) is 0.429. The average Bonchev–Trinajstić information content (AvgIpc) is 2.38. The lowest BCUT2D eigenvalue weighted by molar-refractivity contribution is 0.0939. The van der Waals surface area contributed by atoms with E-state index in [1.807, 2.05) is 0 Å². The Bertz CT molecular complexity index is 335. The number of rotatable bonds is 3. The van der Waals surface area contributed by atoms with Crippen molar-refractivity contribution in [2.24, 2.45) is 5.92 Å². The number of amides is 1. The van der Waals surface area contributed by atoms with Crippen LogP contribution < -0.4 is 10.6 Å². The Morgan fingerprint density at radius 3 is 3.25 bits per heavy atom. The summed E-state index contributed by atoms with van der Waals surface area (Å²) < 4.78 is 0. The van der Waals surface area contributed by atoms with Crippen LogP contribution in [0.3, 0.4) is 0 Å². The first kappa shape index (κ1) is 11.0. The summed E-state index contributed by atoms with van der Waals surface area (Å²) in [5.74, 6) is 0.424. The molecule has 0 bridgehead atoms. The number of hydrogen-bond acceptors (Lipinski definition) is 4. The number of nitrogens with one attached hydrogen (secondary N) is 2. The first-order valence-electron chi connectivity index (χ1n) is 5.61. The van der Waals surface area contributed by atoms with Gasteiger partial charge in [-0.3, -0.25) is 4.79 Å². The van der Waals surface area contributed by atoms with Crippen LogP contribution in [-0.2, 0) is 0 Å². The summed E-state index contributed by atoms with van der Waals surface area (Å²) in [5, 5.41) is 6.22. The minimum Gasteiger partial charge on any atom is -0.350 e. The standard InChI is InChI=1S/C11H16N4O/c16-11(10-3-5-13-8-15-10)14-7-9-2-1-4-12-6-9/h3,5,8-9,12H,1-2,4,6-7H2,(H,14,16). The van der Waals surface area contributed by atoms with Crippen molar-refractivity contribution in [2.45, 2.75) is 12.8 Å². The molecule has 2 N–H and O–H groups in total. The van der Waals surface area contributed by atoms with Crippen molar-refractivity contribution in [3.05, 3.63) is 24.3 Å². The molecule has 1 aromatic heterocycles. The molecular weight excluding hydrogens is 204 g/mol. The van der Waals surface area contributed by atoms with Gasteiger partial charge in [0.15, 0.2) is 0 Å². The van der Waals surface area contributed by atoms with Crippen LogP contribution in [-0.4, -0.2) is 35.5 Å². The van der Waals surface area contributed by atoms with E-state index < -0.39 is 0 Å². The number of nitrogens with zero attached hydrogens (tertiary/aromatic N) is 2. The minimum atomic E-state index is -0.118. The van der Waals surface area contributed by atoms with Crippen LogP contribution in [0.15, 0.2) is 18.6 Å². The summed E-state index contributed by atoms with van der Waals surface area (Å²) in [6, 6.07) is 1.62. The third-order valence-corrected chi connectivity index (χ3v) is 2.76. The van der Waals surface area contributed by atoms with Crippen LogP contribution in [0, 0.1) is 5.92 Å². The molecule has 1 fully saturated rings. The van der Waals surface area contributed by atoms with Crippen LogP contribution in [0.4, 0.5) is 0 Å². The lowest BCUT2D eigenvalue weighted by Gasteiger charge is -2.22. The molecule has 1 unspecified atom stereocenters. The fourth-order valence-corrected chi connectivity index (χ4v) is 1.85. The van der Waals surface area contributed by atoms with E-state index in [9.17, 15) is 4.79 Å². The van der Waals surface area contributed by atoms with Gasteiger partial charge in [-0.15, -0.1) is 0 Å². The van der Waals surface area contributed by atoms with Crippen LogP contribution in [0.25, 0.3) is 0 Å². The van der Waals surface area contributed by atoms with Crippen molar-refractivity contribution in [1.29, 1.82) is 0 Å². The highest BCUT2D eigenvalue weighted by Crippen LogP contribution is 2.08. The normalized spacial score (nSPS) is 20.4. The number of hydrogen-bond donors (Lipinski definition) is 2. The van der Waals surface area contributed by atoms with E-state index >= 15 is 0 Å². The molecule has 0 aromatic carbocycles. The summed E-state index contributed by atoms with van der Waals surface area (Å²) in [6.45, 7) is 2.80. The molecule has 2 rings (SSSR count). The summed E-state index contributed by atoms with van der Waals surface area (Å²) in [7, 11) is 0. The highest BCUT2D eigenvalue weighted by atomic mass is 16.1. The molecule has 1 aliphatic heterocycles. The molecule has 86 valence electrons. The van der Waals surface area contributed by atoms with Crippen LogP contribution in [0.2, 0.25) is 0 Å². The third kappa shape index (κ3) is 3.00. The lowest BCUT2D eigenvalue weighted by Crippen LogP contribution is -2.38. The lowest BCUT2D eigenvalue weighted by atomic mass is 10.00. The third-order valence-electron chi connectivity index (χ3n) is 2.76. The zero-order valence-electron chi connectivity index (χ0n) is 9.15. The Hall–Kier alpha value is -1.49. The second-order valence-corrected chi connectivity index (χ2v) is 4.02. The van der Waals surface area contributed by atoms with Gasteiger partial charge in [0, 0.05) is 12.7 Å². The molecule has 0 radical (unpaired) electrons. The van der Waals surface area contributed by atoms with Crippen molar-refractivity contribution in [3.63, 3.8) is 0 Å². The summed E-state index contributed by atoms with van der Waals surface area (Å²) in [4.78, 5) is 19.3. The van der Waals surface area contributed by atoms with Crippen molar-refractivity contribution in [1.82, 2.24) is 20.6 Å². The Morgan fingerprint density at radius 1 is 1.62 bits per heavy atom. The molecule has 5 nitrogen and oxygen atoms in total. The zero-order chi connectivity index (χ0) is 11.2. The first-order chi connectivity index (χ1) is 7.86. The van der Waals surface area contributed by atoms with E-state index in [-0.39, 0.29) is 5.91 Å². The zero-order valence-corrected chi connectivity index (χ0v) is 9.15. The maximum atomic E-state index is 11.7. The smallest absolute Gasteiger partial charge is 0.270 e. The molecule has 2 heterocycles. The highest BCUT2D eigenvalue weighted by molar-refractivity contribution is 5.91. The Labute approximate surface area is 94.7 Å². The van der Waals surface area contributed by atoms with E-state index in [4.69, 9.17) is 0 Å². The van der Waals surface area contributed by atoms with Crippen molar-refractivity contribution in [2.75, 3.05) is 19.6 Å². The van der Waals surface area contributed by atoms with Gasteiger partial charge in [0.2, 0.25) is 0 Å². The minimum absolute atomic E-state index is 0.118. The van der Waals surface area contributed by atoms with E-state index in [0.717, 1.165) is 19.6 Å². The monoisotopic (exact) mass is 220 g/mol. The van der Waals surface area contributed by atoms with Gasteiger partial charge in [0.05, 0.1) is 0 Å². The molecule has 0 aliphatic carbocycles. The van der Waals surface area contributed by atoms with Crippen molar-refractivity contribution < 1.29 is 4.79 Å². The second-order valence-electron chi connectivity index (χ2n) is 4.02. The van der Waals surface area contributed by atoms with Gasteiger partial charge in [-0.1, -0.05) is 0 Å². The predicted octanol–water partition coefficient (Wildman–Crippen LogP) is 0.206. The average molecular weight is 220 g/mol. The van der Waals surface area contributed by atoms with E-state index in [1.54, 1.807) is 12.3 Å². The van der Waals surface area contributed by atoms with E-state index in [0.29, 0.717) is 11.6 Å². The van der Waals surface area contributed by atoms with Gasteiger partial charge in [-0.2, -0.15) is 0 Å². The van der Waals surface area contributed by atoms with Gasteiger partial charge in [-0.25, -0.2) is 9.97 Å². The molecule has 1 amide bonds. The molecular formula is C11H16N4O. The Kier molecular flexibility index (Phi) is 3.82. The largest absolute Gasteiger partial charge is 0.350 e. The van der Waals surface area contributed by atoms with Crippen LogP contribution in [0.1, 0.15) is 23.3 Å². The molecule has 0 saturated carbocycles. The predicted molar refractivity (Wildman–Crippen MR) is 60.0 cm³/mol. The van der Waals surface area contributed by atoms with Crippen molar-refractivity contribution >= 4 is 5.91 Å². The molecule has 16 heavy (non-hydrogen) atoms. The molecule has 1 aliphatic rings. The molecule has 0 spiro atoms. The summed E-state index contributed by atoms with van der Waals surface area (Å²) in [6.07, 6.45) is 5.33. The van der Waals surface area contributed by atoms with Crippen LogP contribution in [0.5, 0.6) is 0 Å². The number of aromatic nitrogens is 2. The fraction of sp³-hybridized carbons (Fsp3) is 0.545. The maximum Gasteiger partial charge on any atom is 0.270 e. The number of piperidine rings is 1. The van der Waals surface area contributed by atoms with Gasteiger partial charge in [-0.05, 0) is 37.9 Å². The molecule has 1 saturated heterocycles. The fourth-order valence-electron chi connectivity index (χ4n) is 1.85. The van der Waals surface area contributed by atoms with Gasteiger partial charge in [0.1, 0.15) is 12.0 Å².